The molecule has 2 aliphatic rings. The summed E-state index contributed by atoms with van der Waals surface area (Å²) in [6.07, 6.45) is 4.06. The largest absolute Gasteiger partial charge is 0.469 e. The van der Waals surface area contributed by atoms with Gasteiger partial charge in [-0.1, -0.05) is 37.6 Å². The molecular weight excluding hydrogens is 412 g/mol. The Labute approximate surface area is 188 Å². The average Bonchev–Trinajstić information content (AvgIpc) is 3.08. The molecule has 2 fully saturated rings. The molecule has 4 nitrogen and oxygen atoms in total. The summed E-state index contributed by atoms with van der Waals surface area (Å²) in [7, 11) is 1.42. The fourth-order valence-electron chi connectivity index (χ4n) is 5.34. The van der Waals surface area contributed by atoms with Crippen molar-refractivity contribution >= 4 is 5.97 Å². The maximum absolute atomic E-state index is 13.6. The molecule has 4 rings (SSSR count). The number of carbonyl (C=O) groups excluding carboxylic acids is 1. The Hall–Kier alpha value is -2.31. The number of rotatable bonds is 8. The molecule has 2 aliphatic heterocycles. The quantitative estimate of drug-likeness (QED) is 0.522. The monoisotopic (exact) mass is 443 g/mol. The maximum atomic E-state index is 13.6. The van der Waals surface area contributed by atoms with Crippen LogP contribution in [0.25, 0.3) is 0 Å². The number of ether oxygens (including phenoxy) is 2. The van der Waals surface area contributed by atoms with Gasteiger partial charge in [-0.25, -0.2) is 8.78 Å². The van der Waals surface area contributed by atoms with Gasteiger partial charge < -0.3 is 9.47 Å². The molecule has 32 heavy (non-hydrogen) atoms. The third-order valence-electron chi connectivity index (χ3n) is 6.91. The van der Waals surface area contributed by atoms with Crippen LogP contribution < -0.4 is 0 Å². The van der Waals surface area contributed by atoms with Gasteiger partial charge in [0, 0.05) is 12.1 Å². The number of hydrogen-bond acceptors (Lipinski definition) is 4. The molecule has 172 valence electrons. The van der Waals surface area contributed by atoms with Crippen molar-refractivity contribution in [2.45, 2.75) is 63.3 Å². The van der Waals surface area contributed by atoms with Gasteiger partial charge in [-0.15, -0.1) is 0 Å². The molecule has 2 heterocycles. The van der Waals surface area contributed by atoms with E-state index in [9.17, 15) is 13.6 Å². The highest BCUT2D eigenvalue weighted by atomic mass is 19.1. The van der Waals surface area contributed by atoms with Crippen LogP contribution in [0.1, 0.15) is 56.3 Å². The highest BCUT2D eigenvalue weighted by Crippen LogP contribution is 2.43. The lowest BCUT2D eigenvalue weighted by Gasteiger charge is -2.44. The Kier molecular flexibility index (Phi) is 7.21. The summed E-state index contributed by atoms with van der Waals surface area (Å²) in [4.78, 5) is 15.4. The van der Waals surface area contributed by atoms with E-state index >= 15 is 0 Å². The molecule has 0 spiro atoms. The second-order valence-electron chi connectivity index (χ2n) is 8.83. The first kappa shape index (κ1) is 22.9. The summed E-state index contributed by atoms with van der Waals surface area (Å²) >= 11 is 0. The van der Waals surface area contributed by atoms with E-state index < -0.39 is 6.10 Å². The molecule has 2 saturated heterocycles. The van der Waals surface area contributed by atoms with Crippen LogP contribution in [0.5, 0.6) is 0 Å². The Balaban J connectivity index is 1.65. The van der Waals surface area contributed by atoms with Crippen LogP contribution in [0.15, 0.2) is 48.5 Å². The van der Waals surface area contributed by atoms with Crippen LogP contribution in [-0.2, 0) is 14.3 Å². The highest BCUT2D eigenvalue weighted by Gasteiger charge is 2.51. The van der Waals surface area contributed by atoms with Gasteiger partial charge in [-0.2, -0.15) is 0 Å². The molecule has 2 aromatic rings. The minimum atomic E-state index is -0.532. The number of nitrogens with zero attached hydrogens (tertiary/aromatic N) is 1. The van der Waals surface area contributed by atoms with Crippen molar-refractivity contribution in [2.24, 2.45) is 5.92 Å². The number of fused-ring (bicyclic) bond motifs is 2. The summed E-state index contributed by atoms with van der Waals surface area (Å²) in [5.74, 6) is -1.31. The molecule has 0 saturated carbocycles. The van der Waals surface area contributed by atoms with Crippen molar-refractivity contribution in [3.63, 3.8) is 0 Å². The first-order valence-corrected chi connectivity index (χ1v) is 11.5. The summed E-state index contributed by atoms with van der Waals surface area (Å²) < 4.78 is 39.0. The first-order valence-electron chi connectivity index (χ1n) is 11.5. The predicted molar refractivity (Wildman–Crippen MR) is 118 cm³/mol. The van der Waals surface area contributed by atoms with Crippen LogP contribution in [0.3, 0.4) is 0 Å². The summed E-state index contributed by atoms with van der Waals surface area (Å²) in [5, 5.41) is 0. The molecule has 0 amide bonds. The number of halogens is 2. The lowest BCUT2D eigenvalue weighted by molar-refractivity contribution is -0.163. The molecule has 2 aromatic carbocycles. The number of esters is 1. The van der Waals surface area contributed by atoms with Gasteiger partial charge in [0.15, 0.2) is 0 Å². The minimum absolute atomic E-state index is 0.0971. The van der Waals surface area contributed by atoms with Gasteiger partial charge in [-0.3, -0.25) is 9.69 Å². The zero-order chi connectivity index (χ0) is 22.7. The van der Waals surface area contributed by atoms with E-state index in [0.29, 0.717) is 6.04 Å². The van der Waals surface area contributed by atoms with E-state index in [1.165, 1.54) is 31.4 Å². The van der Waals surface area contributed by atoms with Crippen molar-refractivity contribution in [3.05, 3.63) is 71.3 Å². The fraction of sp³-hybridized carbons (Fsp3) is 0.500. The van der Waals surface area contributed by atoms with Gasteiger partial charge >= 0.3 is 5.97 Å². The minimum Gasteiger partial charge on any atom is -0.469 e. The Morgan fingerprint density at radius 2 is 1.62 bits per heavy atom. The van der Waals surface area contributed by atoms with Crippen LogP contribution in [0, 0.1) is 17.6 Å². The second-order valence-corrected chi connectivity index (χ2v) is 8.83. The molecule has 0 N–H and O–H groups in total. The number of piperidine rings is 1. The fourth-order valence-corrected chi connectivity index (χ4v) is 5.34. The maximum Gasteiger partial charge on any atom is 0.312 e. The van der Waals surface area contributed by atoms with Gasteiger partial charge in [0.1, 0.15) is 17.7 Å². The summed E-state index contributed by atoms with van der Waals surface area (Å²) in [5.41, 5.74) is 1.53. The van der Waals surface area contributed by atoms with Crippen LogP contribution in [-0.4, -0.2) is 42.7 Å². The van der Waals surface area contributed by atoms with Crippen LogP contribution >= 0.6 is 0 Å². The van der Waals surface area contributed by atoms with E-state index in [1.807, 2.05) is 0 Å². The lowest BCUT2D eigenvalue weighted by atomic mass is 9.86. The standard InChI is InChI=1S/C26H31F2NO3/c1-3-4-15-29-21-13-14-22(29)24(26(30)31-2)23(16-21)32-25(17-5-9-19(27)10-6-17)18-7-11-20(28)12-8-18/h5-12,21-25H,3-4,13-16H2,1-2H3/t21?,22?,23-,24+/m0/s1. The smallest absolute Gasteiger partial charge is 0.312 e. The van der Waals surface area contributed by atoms with E-state index in [0.717, 1.165) is 49.8 Å². The van der Waals surface area contributed by atoms with Crippen LogP contribution in [0.4, 0.5) is 8.78 Å². The predicted octanol–water partition coefficient (Wildman–Crippen LogP) is 5.27. The van der Waals surface area contributed by atoms with Crippen molar-refractivity contribution < 1.29 is 23.0 Å². The highest BCUT2D eigenvalue weighted by molar-refractivity contribution is 5.74. The zero-order valence-electron chi connectivity index (χ0n) is 18.7. The van der Waals surface area contributed by atoms with Gasteiger partial charge in [0.25, 0.3) is 0 Å². The number of unbranched alkanes of at least 4 members (excludes halogenated alkanes) is 1. The molecule has 6 heteroatoms. The number of hydrogen-bond donors (Lipinski definition) is 0. The third-order valence-corrected chi connectivity index (χ3v) is 6.91. The molecule has 4 atom stereocenters. The number of carbonyl (C=O) groups is 1. The Morgan fingerprint density at radius 3 is 2.16 bits per heavy atom. The van der Waals surface area contributed by atoms with Crippen molar-refractivity contribution in [2.75, 3.05) is 13.7 Å². The normalized spacial score (nSPS) is 25.3. The zero-order valence-corrected chi connectivity index (χ0v) is 18.7. The SMILES string of the molecule is CCCCN1C2CCC1[C@@H](C(=O)OC)[C@@H](OC(c1ccc(F)cc1)c1ccc(F)cc1)C2. The van der Waals surface area contributed by atoms with Gasteiger partial charge in [0.2, 0.25) is 0 Å². The molecule has 0 radical (unpaired) electrons. The van der Waals surface area contributed by atoms with E-state index in [-0.39, 0.29) is 35.7 Å². The molecule has 0 aromatic heterocycles. The van der Waals surface area contributed by atoms with E-state index in [1.54, 1.807) is 24.3 Å². The van der Waals surface area contributed by atoms with Crippen molar-refractivity contribution in [1.82, 2.24) is 4.90 Å². The third kappa shape index (κ3) is 4.71. The van der Waals surface area contributed by atoms with Gasteiger partial charge in [-0.05, 0) is 67.6 Å². The topological polar surface area (TPSA) is 38.8 Å². The van der Waals surface area contributed by atoms with Gasteiger partial charge in [0.05, 0.1) is 19.1 Å². The first-order chi connectivity index (χ1) is 15.5. The average molecular weight is 444 g/mol. The van der Waals surface area contributed by atoms with E-state index in [4.69, 9.17) is 9.47 Å². The van der Waals surface area contributed by atoms with Crippen molar-refractivity contribution in [3.8, 4) is 0 Å². The molecular formula is C26H31F2NO3. The second kappa shape index (κ2) is 10.1. The van der Waals surface area contributed by atoms with Crippen molar-refractivity contribution in [1.29, 1.82) is 0 Å². The molecule has 0 aliphatic carbocycles. The number of methoxy groups -OCH3 is 1. The van der Waals surface area contributed by atoms with E-state index in [2.05, 4.69) is 11.8 Å². The Bertz CT molecular complexity index is 857. The summed E-state index contributed by atoms with van der Waals surface area (Å²) in [6.45, 7) is 3.15. The van der Waals surface area contributed by atoms with Crippen LogP contribution in [0.2, 0.25) is 0 Å². The molecule has 2 bridgehead atoms. The Morgan fingerprint density at radius 1 is 1.03 bits per heavy atom. The number of benzene rings is 2. The molecule has 2 unspecified atom stereocenters. The lowest BCUT2D eigenvalue weighted by Crippen LogP contribution is -2.55. The summed E-state index contributed by atoms with van der Waals surface area (Å²) in [6, 6.07) is 12.8.